The summed E-state index contributed by atoms with van der Waals surface area (Å²) in [6, 6.07) is 4.72. The van der Waals surface area contributed by atoms with Gasteiger partial charge in [-0.15, -0.1) is 10.2 Å². The van der Waals surface area contributed by atoms with E-state index in [-0.39, 0.29) is 5.41 Å². The maximum absolute atomic E-state index is 4.85. The van der Waals surface area contributed by atoms with Gasteiger partial charge in [-0.2, -0.15) is 10.1 Å². The first kappa shape index (κ1) is 21.4. The molecule has 0 amide bonds. The molecule has 1 aliphatic carbocycles. The molecule has 34 heavy (non-hydrogen) atoms. The summed E-state index contributed by atoms with van der Waals surface area (Å²) in [6.45, 7) is 9.47. The Balaban J connectivity index is 1.22. The van der Waals surface area contributed by atoms with Gasteiger partial charge in [-0.3, -0.25) is 4.90 Å². The highest BCUT2D eigenvalue weighted by molar-refractivity contribution is 5.65. The van der Waals surface area contributed by atoms with Crippen LogP contribution in [-0.2, 0) is 5.41 Å². The van der Waals surface area contributed by atoms with Crippen molar-refractivity contribution in [2.75, 3.05) is 42.9 Å². The number of rotatable bonds is 4. The number of hydrogen-bond donors (Lipinski definition) is 1. The van der Waals surface area contributed by atoms with Gasteiger partial charge in [0.05, 0.1) is 24.0 Å². The summed E-state index contributed by atoms with van der Waals surface area (Å²) in [7, 11) is 0. The summed E-state index contributed by atoms with van der Waals surface area (Å²) in [5, 5.41) is 16.6. The molecule has 0 bridgehead atoms. The topological polar surface area (TPSA) is 99.2 Å². The molecule has 3 aromatic rings. The largest absolute Gasteiger partial charge is 0.368 e. The van der Waals surface area contributed by atoms with Crippen LogP contribution >= 0.6 is 0 Å². The third-order valence-corrected chi connectivity index (χ3v) is 7.65. The molecule has 0 radical (unpaired) electrons. The van der Waals surface area contributed by atoms with E-state index in [2.05, 4.69) is 60.3 Å². The summed E-state index contributed by atoms with van der Waals surface area (Å²) < 4.78 is 1.74. The number of anilines is 3. The smallest absolute Gasteiger partial charge is 0.231 e. The van der Waals surface area contributed by atoms with Crippen LogP contribution < -0.4 is 10.2 Å². The van der Waals surface area contributed by atoms with Crippen molar-refractivity contribution < 1.29 is 0 Å². The summed E-state index contributed by atoms with van der Waals surface area (Å²) >= 11 is 0. The van der Waals surface area contributed by atoms with E-state index in [4.69, 9.17) is 4.98 Å². The van der Waals surface area contributed by atoms with Gasteiger partial charge in [0.25, 0.3) is 0 Å². The minimum absolute atomic E-state index is 0.00218. The van der Waals surface area contributed by atoms with Crippen molar-refractivity contribution in [1.82, 2.24) is 29.5 Å². The quantitative estimate of drug-likeness (QED) is 0.626. The van der Waals surface area contributed by atoms with Gasteiger partial charge >= 0.3 is 0 Å². The average Bonchev–Trinajstić information content (AvgIpc) is 3.25. The van der Waals surface area contributed by atoms with Crippen molar-refractivity contribution >= 4 is 28.9 Å². The van der Waals surface area contributed by atoms with Gasteiger partial charge < -0.3 is 10.2 Å². The second-order valence-electron chi connectivity index (χ2n) is 10.0. The molecule has 0 atom stereocenters. The standard InChI is InChI=1S/C24H32N10/c1-17(2)32-10-12-33(13-11-32)18-6-7-19(25-14-18)28-23-26-16-34-22(29-23)20-21(31-34)30-27-15-24(20)8-4-3-5-9-24/h6-7,14,16-17H,3-5,8-13,15H2,1-2H3,(H,25,28,29). The summed E-state index contributed by atoms with van der Waals surface area (Å²) in [4.78, 5) is 18.9. The third-order valence-electron chi connectivity index (χ3n) is 7.65. The Morgan fingerprint density at radius 3 is 2.56 bits per heavy atom. The molecule has 0 unspecified atom stereocenters. The van der Waals surface area contributed by atoms with Crippen LogP contribution in [0.4, 0.5) is 23.3 Å². The molecule has 1 saturated carbocycles. The van der Waals surface area contributed by atoms with Crippen molar-refractivity contribution in [3.8, 4) is 0 Å². The Morgan fingerprint density at radius 2 is 1.82 bits per heavy atom. The van der Waals surface area contributed by atoms with Crippen LogP contribution in [0.25, 0.3) is 5.65 Å². The lowest BCUT2D eigenvalue weighted by atomic mass is 9.69. The zero-order valence-electron chi connectivity index (χ0n) is 20.0. The summed E-state index contributed by atoms with van der Waals surface area (Å²) in [5.41, 5.74) is 3.12. The van der Waals surface area contributed by atoms with Crippen LogP contribution in [0.2, 0.25) is 0 Å². The predicted molar refractivity (Wildman–Crippen MR) is 131 cm³/mol. The second kappa shape index (κ2) is 8.57. The molecule has 0 aromatic carbocycles. The lowest BCUT2D eigenvalue weighted by molar-refractivity contribution is 0.209. The number of nitrogens with one attached hydrogen (secondary N) is 1. The van der Waals surface area contributed by atoms with E-state index in [0.717, 1.165) is 68.3 Å². The van der Waals surface area contributed by atoms with Crippen LogP contribution in [0.1, 0.15) is 51.5 Å². The van der Waals surface area contributed by atoms with E-state index < -0.39 is 0 Å². The first-order valence-corrected chi connectivity index (χ1v) is 12.5. The van der Waals surface area contributed by atoms with Crippen LogP contribution in [0.5, 0.6) is 0 Å². The van der Waals surface area contributed by atoms with E-state index >= 15 is 0 Å². The Kier molecular flexibility index (Phi) is 5.40. The molecule has 2 fully saturated rings. The predicted octanol–water partition coefficient (Wildman–Crippen LogP) is 4.09. The maximum Gasteiger partial charge on any atom is 0.231 e. The molecule has 10 heteroatoms. The highest BCUT2D eigenvalue weighted by Gasteiger charge is 2.41. The molecular formula is C24H32N10. The molecule has 2 aliphatic heterocycles. The first-order valence-electron chi connectivity index (χ1n) is 12.5. The number of nitrogens with zero attached hydrogens (tertiary/aromatic N) is 9. The fourth-order valence-electron chi connectivity index (χ4n) is 5.66. The zero-order chi connectivity index (χ0) is 23.1. The van der Waals surface area contributed by atoms with Gasteiger partial charge in [0, 0.05) is 37.6 Å². The monoisotopic (exact) mass is 460 g/mol. The van der Waals surface area contributed by atoms with Gasteiger partial charge in [-0.25, -0.2) is 14.5 Å². The highest BCUT2D eigenvalue weighted by atomic mass is 15.4. The Morgan fingerprint density at radius 1 is 1.00 bits per heavy atom. The van der Waals surface area contributed by atoms with Crippen molar-refractivity contribution in [3.63, 3.8) is 0 Å². The van der Waals surface area contributed by atoms with Gasteiger partial charge in [-0.05, 0) is 38.8 Å². The maximum atomic E-state index is 4.85. The fourth-order valence-corrected chi connectivity index (χ4v) is 5.66. The molecule has 6 rings (SSSR count). The number of aromatic nitrogens is 5. The van der Waals surface area contributed by atoms with Gasteiger partial charge in [0.1, 0.15) is 12.1 Å². The molecular weight excluding hydrogens is 428 g/mol. The molecule has 1 spiro atoms. The first-order chi connectivity index (χ1) is 16.6. The lowest BCUT2D eigenvalue weighted by Crippen LogP contribution is -2.48. The molecule has 178 valence electrons. The van der Waals surface area contributed by atoms with E-state index in [9.17, 15) is 0 Å². The molecule has 3 aromatic heterocycles. The zero-order valence-corrected chi connectivity index (χ0v) is 20.0. The van der Waals surface area contributed by atoms with E-state index in [1.807, 2.05) is 12.3 Å². The fraction of sp³-hybridized carbons (Fsp3) is 0.583. The van der Waals surface area contributed by atoms with E-state index in [1.54, 1.807) is 10.8 Å². The van der Waals surface area contributed by atoms with Crippen LogP contribution in [-0.4, -0.2) is 68.2 Å². The van der Waals surface area contributed by atoms with Gasteiger partial charge in [0.15, 0.2) is 5.65 Å². The Bertz CT molecular complexity index is 1180. The molecule has 1 N–H and O–H groups in total. The molecule has 10 nitrogen and oxygen atoms in total. The molecule has 5 heterocycles. The number of fused-ring (bicyclic) bond motifs is 4. The van der Waals surface area contributed by atoms with Crippen molar-refractivity contribution in [2.24, 2.45) is 10.2 Å². The minimum atomic E-state index is 0.00218. The normalized spacial score (nSPS) is 20.3. The summed E-state index contributed by atoms with van der Waals surface area (Å²) in [5.74, 6) is 1.95. The van der Waals surface area contributed by atoms with Crippen molar-refractivity contribution in [3.05, 3.63) is 30.2 Å². The van der Waals surface area contributed by atoms with E-state index in [0.29, 0.717) is 17.8 Å². The third kappa shape index (κ3) is 3.79. The molecule has 1 saturated heterocycles. The Labute approximate surface area is 199 Å². The Hall–Kier alpha value is -3.14. The van der Waals surface area contributed by atoms with Crippen molar-refractivity contribution in [2.45, 2.75) is 57.4 Å². The average molecular weight is 461 g/mol. The SMILES string of the molecule is CC(C)N1CCN(c2ccc(Nc3ncn4nc5c(c4n3)C3(CCCCC3)CN=N5)nc2)CC1. The summed E-state index contributed by atoms with van der Waals surface area (Å²) in [6.07, 6.45) is 9.58. The van der Waals surface area contributed by atoms with Crippen LogP contribution in [0, 0.1) is 0 Å². The number of piperazine rings is 1. The van der Waals surface area contributed by atoms with Crippen LogP contribution in [0.3, 0.4) is 0 Å². The van der Waals surface area contributed by atoms with Crippen LogP contribution in [0.15, 0.2) is 34.9 Å². The highest BCUT2D eigenvalue weighted by Crippen LogP contribution is 2.47. The number of hydrogen-bond acceptors (Lipinski definition) is 9. The van der Waals surface area contributed by atoms with Gasteiger partial charge in [-0.1, -0.05) is 19.3 Å². The second-order valence-corrected chi connectivity index (χ2v) is 10.0. The number of azo groups is 1. The van der Waals surface area contributed by atoms with Crippen molar-refractivity contribution in [1.29, 1.82) is 0 Å². The van der Waals surface area contributed by atoms with E-state index in [1.165, 1.54) is 19.3 Å². The number of pyridine rings is 1. The minimum Gasteiger partial charge on any atom is -0.368 e. The van der Waals surface area contributed by atoms with Gasteiger partial charge in [0.2, 0.25) is 11.8 Å². The lowest BCUT2D eigenvalue weighted by Gasteiger charge is -2.38. The molecule has 3 aliphatic rings.